The highest BCUT2D eigenvalue weighted by atomic mass is 16.7. The molecule has 0 aliphatic carbocycles. The number of carbonyl (C=O) groups excluding carboxylic acids is 2. The molecule has 0 bridgehead atoms. The van der Waals surface area contributed by atoms with Crippen LogP contribution in [0.3, 0.4) is 0 Å². The number of ether oxygens (including phenoxy) is 2. The van der Waals surface area contributed by atoms with Gasteiger partial charge in [0.25, 0.3) is 5.91 Å². The van der Waals surface area contributed by atoms with Crippen LogP contribution in [0.5, 0.6) is 11.5 Å². The van der Waals surface area contributed by atoms with Gasteiger partial charge in [0.15, 0.2) is 11.5 Å². The molecular formula is C31H38N2O5. The predicted molar refractivity (Wildman–Crippen MR) is 146 cm³/mol. The lowest BCUT2D eigenvalue weighted by molar-refractivity contribution is -0.133. The van der Waals surface area contributed by atoms with E-state index in [9.17, 15) is 9.59 Å². The summed E-state index contributed by atoms with van der Waals surface area (Å²) in [6, 6.07) is 17.3. The Hall–Kier alpha value is -3.74. The van der Waals surface area contributed by atoms with Crippen LogP contribution in [0.4, 0.5) is 0 Å². The van der Waals surface area contributed by atoms with Crippen molar-refractivity contribution in [2.24, 2.45) is 0 Å². The van der Waals surface area contributed by atoms with Gasteiger partial charge in [0.1, 0.15) is 18.1 Å². The Bertz CT molecular complexity index is 1220. The van der Waals surface area contributed by atoms with Gasteiger partial charge in [-0.3, -0.25) is 9.59 Å². The molecule has 2 heterocycles. The number of hydrogen-bond acceptors (Lipinski definition) is 5. The van der Waals surface area contributed by atoms with Crippen LogP contribution in [0.25, 0.3) is 0 Å². The van der Waals surface area contributed by atoms with Crippen LogP contribution in [-0.2, 0) is 24.3 Å². The number of furan rings is 1. The second kappa shape index (κ2) is 13.2. The van der Waals surface area contributed by atoms with Crippen LogP contribution in [0, 0.1) is 6.92 Å². The van der Waals surface area contributed by atoms with Gasteiger partial charge < -0.3 is 23.7 Å². The third-order valence-electron chi connectivity index (χ3n) is 6.68. The third kappa shape index (κ3) is 7.18. The van der Waals surface area contributed by atoms with Gasteiger partial charge in [-0.2, -0.15) is 0 Å². The maximum atomic E-state index is 13.6. The number of hydrogen-bond donors (Lipinski definition) is 0. The molecule has 0 unspecified atom stereocenters. The van der Waals surface area contributed by atoms with Crippen LogP contribution in [-0.4, -0.2) is 41.5 Å². The van der Waals surface area contributed by atoms with Crippen molar-refractivity contribution in [3.05, 3.63) is 82.8 Å². The zero-order chi connectivity index (χ0) is 26.9. The molecule has 1 aliphatic rings. The molecule has 0 radical (unpaired) electrons. The standard InChI is InChI=1S/C31H38N2O5/c1-4-6-7-8-24-10-13-26(14-11-24)31(35)32(17-5-2)21-30(34)33(20-27-15-9-23(3)38-27)19-25-12-16-28-29(18-25)37-22-36-28/h9-16,18H,4-8,17,19-22H2,1-3H3. The molecule has 0 atom stereocenters. The van der Waals surface area contributed by atoms with E-state index in [-0.39, 0.29) is 25.2 Å². The maximum absolute atomic E-state index is 13.6. The quantitative estimate of drug-likeness (QED) is 0.255. The van der Waals surface area contributed by atoms with E-state index < -0.39 is 0 Å². The summed E-state index contributed by atoms with van der Waals surface area (Å²) >= 11 is 0. The zero-order valence-corrected chi connectivity index (χ0v) is 22.7. The van der Waals surface area contributed by atoms with E-state index in [4.69, 9.17) is 13.9 Å². The Kier molecular flexibility index (Phi) is 9.46. The lowest BCUT2D eigenvalue weighted by Crippen LogP contribution is -2.42. The predicted octanol–water partition coefficient (Wildman–Crippen LogP) is 6.13. The molecule has 7 nitrogen and oxygen atoms in total. The topological polar surface area (TPSA) is 72.2 Å². The van der Waals surface area contributed by atoms with E-state index in [2.05, 4.69) is 6.92 Å². The first-order valence-electron chi connectivity index (χ1n) is 13.6. The fourth-order valence-corrected chi connectivity index (χ4v) is 4.61. The normalized spacial score (nSPS) is 12.0. The summed E-state index contributed by atoms with van der Waals surface area (Å²) in [7, 11) is 0. The van der Waals surface area contributed by atoms with Crippen LogP contribution in [0.1, 0.15) is 72.5 Å². The Labute approximate surface area is 225 Å². The Morgan fingerprint density at radius 1 is 0.816 bits per heavy atom. The third-order valence-corrected chi connectivity index (χ3v) is 6.68. The second-order valence-electron chi connectivity index (χ2n) is 9.83. The number of benzene rings is 2. The summed E-state index contributed by atoms with van der Waals surface area (Å²) in [5.74, 6) is 2.58. The molecule has 202 valence electrons. The van der Waals surface area contributed by atoms with Gasteiger partial charge >= 0.3 is 0 Å². The minimum Gasteiger partial charge on any atom is -0.464 e. The van der Waals surface area contributed by atoms with Crippen LogP contribution >= 0.6 is 0 Å². The molecule has 7 heteroatoms. The Balaban J connectivity index is 1.48. The fourth-order valence-electron chi connectivity index (χ4n) is 4.61. The lowest BCUT2D eigenvalue weighted by atomic mass is 10.0. The number of amides is 2. The van der Waals surface area contributed by atoms with Gasteiger partial charge in [0, 0.05) is 18.7 Å². The van der Waals surface area contributed by atoms with Gasteiger partial charge in [-0.25, -0.2) is 0 Å². The van der Waals surface area contributed by atoms with Gasteiger partial charge in [0.2, 0.25) is 12.7 Å². The summed E-state index contributed by atoms with van der Waals surface area (Å²) in [5, 5.41) is 0. The van der Waals surface area contributed by atoms with Crippen molar-refractivity contribution >= 4 is 11.8 Å². The van der Waals surface area contributed by atoms with Gasteiger partial charge in [-0.05, 0) is 73.7 Å². The molecule has 3 aromatic rings. The van der Waals surface area contributed by atoms with Crippen molar-refractivity contribution in [1.29, 1.82) is 0 Å². The fraction of sp³-hybridized carbons (Fsp3) is 0.419. The summed E-state index contributed by atoms with van der Waals surface area (Å²) in [4.78, 5) is 30.4. The highest BCUT2D eigenvalue weighted by molar-refractivity contribution is 5.96. The molecular weight excluding hydrogens is 480 g/mol. The van der Waals surface area contributed by atoms with Gasteiger partial charge in [-0.1, -0.05) is 44.9 Å². The first-order valence-corrected chi connectivity index (χ1v) is 13.6. The summed E-state index contributed by atoms with van der Waals surface area (Å²) in [5.41, 5.74) is 2.75. The van der Waals surface area contributed by atoms with Crippen molar-refractivity contribution in [2.45, 2.75) is 66.0 Å². The Morgan fingerprint density at radius 3 is 2.29 bits per heavy atom. The Morgan fingerprint density at radius 2 is 1.58 bits per heavy atom. The maximum Gasteiger partial charge on any atom is 0.254 e. The molecule has 0 spiro atoms. The molecule has 0 fully saturated rings. The first kappa shape index (κ1) is 27.3. The molecule has 0 saturated carbocycles. The molecule has 1 aliphatic heterocycles. The number of unbranched alkanes of at least 4 members (excludes halogenated alkanes) is 2. The van der Waals surface area contributed by atoms with Gasteiger partial charge in [0.05, 0.1) is 6.54 Å². The van der Waals surface area contributed by atoms with Crippen molar-refractivity contribution in [3.8, 4) is 11.5 Å². The van der Waals surface area contributed by atoms with Crippen molar-refractivity contribution in [3.63, 3.8) is 0 Å². The van der Waals surface area contributed by atoms with Crippen molar-refractivity contribution < 1.29 is 23.5 Å². The number of fused-ring (bicyclic) bond motifs is 1. The monoisotopic (exact) mass is 518 g/mol. The van der Waals surface area contributed by atoms with E-state index in [1.165, 1.54) is 18.4 Å². The van der Waals surface area contributed by atoms with Crippen molar-refractivity contribution in [1.82, 2.24) is 9.80 Å². The average molecular weight is 519 g/mol. The number of carbonyl (C=O) groups is 2. The van der Waals surface area contributed by atoms with E-state index >= 15 is 0 Å². The van der Waals surface area contributed by atoms with Gasteiger partial charge in [-0.15, -0.1) is 0 Å². The molecule has 38 heavy (non-hydrogen) atoms. The molecule has 0 saturated heterocycles. The molecule has 1 aromatic heterocycles. The largest absolute Gasteiger partial charge is 0.464 e. The van der Waals surface area contributed by atoms with Crippen LogP contribution in [0.2, 0.25) is 0 Å². The molecule has 2 aromatic carbocycles. The number of nitrogens with zero attached hydrogens (tertiary/aromatic N) is 2. The first-order chi connectivity index (χ1) is 18.5. The zero-order valence-electron chi connectivity index (χ0n) is 22.7. The summed E-state index contributed by atoms with van der Waals surface area (Å²) in [6.45, 7) is 7.44. The highest BCUT2D eigenvalue weighted by Gasteiger charge is 2.24. The highest BCUT2D eigenvalue weighted by Crippen LogP contribution is 2.33. The average Bonchev–Trinajstić information content (AvgIpc) is 3.56. The van der Waals surface area contributed by atoms with Crippen LogP contribution in [0.15, 0.2) is 59.0 Å². The van der Waals surface area contributed by atoms with E-state index in [0.29, 0.717) is 42.5 Å². The molecule has 0 N–H and O–H groups in total. The summed E-state index contributed by atoms with van der Waals surface area (Å²) in [6.07, 6.45) is 5.30. The van der Waals surface area contributed by atoms with E-state index in [1.807, 2.05) is 68.4 Å². The number of rotatable bonds is 13. The van der Waals surface area contributed by atoms with Crippen molar-refractivity contribution in [2.75, 3.05) is 19.9 Å². The lowest BCUT2D eigenvalue weighted by Gasteiger charge is -2.27. The molecule has 2 amide bonds. The SMILES string of the molecule is CCCCCc1ccc(C(=O)N(CCC)CC(=O)N(Cc2ccc3c(c2)OCO3)Cc2ccc(C)o2)cc1. The van der Waals surface area contributed by atoms with E-state index in [1.54, 1.807) is 9.80 Å². The minimum absolute atomic E-state index is 0.00479. The smallest absolute Gasteiger partial charge is 0.254 e. The second-order valence-corrected chi connectivity index (χ2v) is 9.83. The minimum atomic E-state index is -0.144. The summed E-state index contributed by atoms with van der Waals surface area (Å²) < 4.78 is 16.7. The number of aryl methyl sites for hydroxylation is 2. The van der Waals surface area contributed by atoms with E-state index in [0.717, 1.165) is 30.6 Å². The van der Waals surface area contributed by atoms with Crippen LogP contribution < -0.4 is 9.47 Å². The molecule has 4 rings (SSSR count).